The van der Waals surface area contributed by atoms with Crippen LogP contribution < -0.4 is 10.5 Å². The van der Waals surface area contributed by atoms with E-state index < -0.39 is 10.0 Å². The van der Waals surface area contributed by atoms with E-state index in [1.807, 2.05) is 13.0 Å². The Hall–Kier alpha value is -0.890. The monoisotopic (exact) mass is 432 g/mol. The van der Waals surface area contributed by atoms with Gasteiger partial charge in [0.05, 0.1) is 0 Å². The Bertz CT molecular complexity index is 777. The quantitative estimate of drug-likeness (QED) is 0.770. The van der Waals surface area contributed by atoms with Gasteiger partial charge < -0.3 is 5.73 Å². The molecule has 0 saturated carbocycles. The van der Waals surface area contributed by atoms with Gasteiger partial charge in [-0.05, 0) is 58.2 Å². The van der Waals surface area contributed by atoms with Crippen molar-refractivity contribution in [3.8, 4) is 0 Å². The Morgan fingerprint density at radius 2 is 1.86 bits per heavy atom. The molecule has 0 radical (unpaired) electrons. The molecule has 0 aliphatic rings. The fraction of sp³-hybridized carbons (Fsp3) is 0.143. The zero-order chi connectivity index (χ0) is 15.6. The summed E-state index contributed by atoms with van der Waals surface area (Å²) in [6.45, 7) is 2.25. The maximum atomic E-state index is 12.5. The molecule has 112 valence electrons. The molecule has 2 aromatic carbocycles. The van der Waals surface area contributed by atoms with Gasteiger partial charge in [0.15, 0.2) is 0 Å². The van der Waals surface area contributed by atoms with Gasteiger partial charge >= 0.3 is 0 Å². The third-order valence-corrected chi connectivity index (χ3v) is 6.11. The van der Waals surface area contributed by atoms with E-state index in [1.54, 1.807) is 30.3 Å². The van der Waals surface area contributed by atoms with E-state index in [9.17, 15) is 8.42 Å². The lowest BCUT2D eigenvalue weighted by Gasteiger charge is -2.12. The van der Waals surface area contributed by atoms with Gasteiger partial charge in [-0.2, -0.15) is 0 Å². The molecule has 0 spiro atoms. The zero-order valence-corrected chi connectivity index (χ0v) is 15.2. The normalized spacial score (nSPS) is 11.4. The number of nitrogens with two attached hydrogens (primary N) is 1. The average molecular weight is 434 g/mol. The van der Waals surface area contributed by atoms with Crippen LogP contribution in [0.3, 0.4) is 0 Å². The highest BCUT2D eigenvalue weighted by Crippen LogP contribution is 2.30. The van der Waals surface area contributed by atoms with Crippen LogP contribution in [0.15, 0.2) is 50.2 Å². The van der Waals surface area contributed by atoms with Gasteiger partial charge in [-0.15, -0.1) is 0 Å². The van der Waals surface area contributed by atoms with Crippen LogP contribution in [0.4, 0.5) is 5.69 Å². The Balaban J connectivity index is 2.40. The van der Waals surface area contributed by atoms with E-state index in [1.165, 1.54) is 0 Å². The maximum absolute atomic E-state index is 12.5. The first kappa shape index (κ1) is 16.5. The molecule has 0 aliphatic heterocycles. The SMILES string of the molecule is Cc1cc(Br)c(S(=O)(=O)Nc2cccc(CN)c2)cc1Br. The number of hydrogen-bond donors (Lipinski definition) is 2. The summed E-state index contributed by atoms with van der Waals surface area (Å²) >= 11 is 6.65. The first-order valence-electron chi connectivity index (χ1n) is 6.11. The van der Waals surface area contributed by atoms with Crippen molar-refractivity contribution in [1.29, 1.82) is 0 Å². The summed E-state index contributed by atoms with van der Waals surface area (Å²) in [5.41, 5.74) is 7.86. The van der Waals surface area contributed by atoms with Gasteiger partial charge in [0.1, 0.15) is 4.90 Å². The third-order valence-electron chi connectivity index (χ3n) is 2.92. The molecule has 2 rings (SSSR count). The predicted octanol–water partition coefficient (Wildman–Crippen LogP) is 3.78. The number of benzene rings is 2. The molecule has 0 saturated heterocycles. The lowest BCUT2D eigenvalue weighted by Crippen LogP contribution is -2.14. The van der Waals surface area contributed by atoms with Crippen molar-refractivity contribution in [3.05, 3.63) is 56.5 Å². The first-order valence-corrected chi connectivity index (χ1v) is 9.18. The average Bonchev–Trinajstić information content (AvgIpc) is 2.42. The van der Waals surface area contributed by atoms with Crippen LogP contribution in [0.2, 0.25) is 0 Å². The summed E-state index contributed by atoms with van der Waals surface area (Å²) in [6, 6.07) is 10.3. The van der Waals surface area contributed by atoms with Crippen molar-refractivity contribution in [3.63, 3.8) is 0 Å². The molecule has 0 atom stereocenters. The third kappa shape index (κ3) is 3.85. The van der Waals surface area contributed by atoms with Gasteiger partial charge in [-0.1, -0.05) is 28.1 Å². The molecule has 2 aromatic rings. The molecule has 7 heteroatoms. The highest BCUT2D eigenvalue weighted by Gasteiger charge is 2.19. The van der Waals surface area contributed by atoms with Crippen molar-refractivity contribution >= 4 is 47.6 Å². The van der Waals surface area contributed by atoms with Gasteiger partial charge in [-0.25, -0.2) is 8.42 Å². The van der Waals surface area contributed by atoms with Crippen LogP contribution in [0.1, 0.15) is 11.1 Å². The number of anilines is 1. The van der Waals surface area contributed by atoms with Crippen molar-refractivity contribution in [2.75, 3.05) is 4.72 Å². The zero-order valence-electron chi connectivity index (χ0n) is 11.2. The summed E-state index contributed by atoms with van der Waals surface area (Å²) in [4.78, 5) is 0.179. The van der Waals surface area contributed by atoms with E-state index in [-0.39, 0.29) is 4.90 Å². The van der Waals surface area contributed by atoms with Crippen LogP contribution in [-0.2, 0) is 16.6 Å². The number of rotatable bonds is 4. The van der Waals surface area contributed by atoms with E-state index in [0.717, 1.165) is 15.6 Å². The van der Waals surface area contributed by atoms with Crippen molar-refractivity contribution in [2.45, 2.75) is 18.4 Å². The Labute approximate surface area is 141 Å². The second-order valence-electron chi connectivity index (χ2n) is 4.54. The summed E-state index contributed by atoms with van der Waals surface area (Å²) in [5, 5.41) is 0. The minimum Gasteiger partial charge on any atom is -0.326 e. The molecule has 0 heterocycles. The van der Waals surface area contributed by atoms with Crippen molar-refractivity contribution in [2.24, 2.45) is 5.73 Å². The Morgan fingerprint density at radius 1 is 1.14 bits per heavy atom. The number of sulfonamides is 1. The number of halogens is 2. The lowest BCUT2D eigenvalue weighted by molar-refractivity contribution is 0.600. The lowest BCUT2D eigenvalue weighted by atomic mass is 10.2. The fourth-order valence-corrected chi connectivity index (χ4v) is 4.53. The molecule has 21 heavy (non-hydrogen) atoms. The Kier molecular flexibility index (Phi) is 5.08. The number of hydrogen-bond acceptors (Lipinski definition) is 3. The van der Waals surface area contributed by atoms with Crippen molar-refractivity contribution < 1.29 is 8.42 Å². The summed E-state index contributed by atoms with van der Waals surface area (Å²) in [6.07, 6.45) is 0. The van der Waals surface area contributed by atoms with Gasteiger partial charge in [0, 0.05) is 21.2 Å². The number of aryl methyl sites for hydroxylation is 1. The molecule has 0 bridgehead atoms. The predicted molar refractivity (Wildman–Crippen MR) is 91.7 cm³/mol. The summed E-state index contributed by atoms with van der Waals surface area (Å²) < 4.78 is 28.8. The molecule has 0 amide bonds. The highest BCUT2D eigenvalue weighted by molar-refractivity contribution is 9.11. The van der Waals surface area contributed by atoms with E-state index in [4.69, 9.17) is 5.73 Å². The first-order chi connectivity index (χ1) is 9.83. The minimum absolute atomic E-state index is 0.179. The van der Waals surface area contributed by atoms with E-state index >= 15 is 0 Å². The molecule has 0 fully saturated rings. The second kappa shape index (κ2) is 6.48. The largest absolute Gasteiger partial charge is 0.326 e. The molecule has 0 aliphatic carbocycles. The summed E-state index contributed by atoms with van der Waals surface area (Å²) in [7, 11) is -3.68. The molecular formula is C14H14Br2N2O2S. The van der Waals surface area contributed by atoms with Crippen LogP contribution in [0.25, 0.3) is 0 Å². The molecule has 0 unspecified atom stereocenters. The maximum Gasteiger partial charge on any atom is 0.263 e. The second-order valence-corrected chi connectivity index (χ2v) is 7.90. The van der Waals surface area contributed by atoms with E-state index in [0.29, 0.717) is 16.7 Å². The van der Waals surface area contributed by atoms with Crippen LogP contribution in [-0.4, -0.2) is 8.42 Å². The Morgan fingerprint density at radius 3 is 2.52 bits per heavy atom. The topological polar surface area (TPSA) is 72.2 Å². The smallest absolute Gasteiger partial charge is 0.263 e. The van der Waals surface area contributed by atoms with Gasteiger partial charge in [0.2, 0.25) is 0 Å². The van der Waals surface area contributed by atoms with Crippen LogP contribution in [0.5, 0.6) is 0 Å². The number of nitrogens with one attached hydrogen (secondary N) is 1. The van der Waals surface area contributed by atoms with Crippen LogP contribution >= 0.6 is 31.9 Å². The summed E-state index contributed by atoms with van der Waals surface area (Å²) in [5.74, 6) is 0. The van der Waals surface area contributed by atoms with Gasteiger partial charge in [0.25, 0.3) is 10.0 Å². The fourth-order valence-electron chi connectivity index (χ4n) is 1.81. The van der Waals surface area contributed by atoms with E-state index in [2.05, 4.69) is 36.6 Å². The van der Waals surface area contributed by atoms with Crippen molar-refractivity contribution in [1.82, 2.24) is 0 Å². The molecule has 0 aromatic heterocycles. The highest BCUT2D eigenvalue weighted by atomic mass is 79.9. The standard InChI is InChI=1S/C14H14Br2N2O2S/c1-9-5-13(16)14(7-12(9)15)21(19,20)18-11-4-2-3-10(6-11)8-17/h2-7,18H,8,17H2,1H3. The molecule has 3 N–H and O–H groups in total. The minimum atomic E-state index is -3.68. The van der Waals surface area contributed by atoms with Gasteiger partial charge in [-0.3, -0.25) is 4.72 Å². The van der Waals surface area contributed by atoms with Crippen LogP contribution in [0, 0.1) is 6.92 Å². The molecule has 4 nitrogen and oxygen atoms in total. The molecular weight excluding hydrogens is 420 g/mol.